The number of nitrogens with one attached hydrogen (secondary N) is 1. The summed E-state index contributed by atoms with van der Waals surface area (Å²) in [6, 6.07) is 5.03. The smallest absolute Gasteiger partial charge is 0.128 e. The third-order valence-electron chi connectivity index (χ3n) is 2.18. The van der Waals surface area contributed by atoms with Gasteiger partial charge in [0.25, 0.3) is 0 Å². The molecule has 0 aliphatic carbocycles. The molecule has 1 heterocycles. The molecule has 4 heteroatoms. The molecule has 0 aliphatic rings. The van der Waals surface area contributed by atoms with E-state index >= 15 is 0 Å². The highest BCUT2D eigenvalue weighted by Crippen LogP contribution is 2.18. The predicted octanol–water partition coefficient (Wildman–Crippen LogP) is 3.20. The van der Waals surface area contributed by atoms with Crippen LogP contribution in [0.4, 0.5) is 10.1 Å². The van der Waals surface area contributed by atoms with E-state index in [2.05, 4.69) is 10.3 Å². The maximum absolute atomic E-state index is 13.2. The van der Waals surface area contributed by atoms with Crippen LogP contribution in [-0.2, 0) is 6.54 Å². The fraction of sp³-hybridized carbons (Fsp3) is 0.182. The number of hydrogen-bond acceptors (Lipinski definition) is 3. The first-order chi connectivity index (χ1) is 7.27. The fourth-order valence-electron chi connectivity index (χ4n) is 1.31. The van der Waals surface area contributed by atoms with E-state index in [0.717, 1.165) is 10.7 Å². The highest BCUT2D eigenvalue weighted by atomic mass is 32.1. The lowest BCUT2D eigenvalue weighted by Crippen LogP contribution is -2.01. The van der Waals surface area contributed by atoms with Crippen molar-refractivity contribution in [1.29, 1.82) is 0 Å². The summed E-state index contributed by atoms with van der Waals surface area (Å²) in [6.07, 6.45) is 1.76. The molecule has 0 amide bonds. The summed E-state index contributed by atoms with van der Waals surface area (Å²) in [5.74, 6) is -0.181. The fourth-order valence-corrected chi connectivity index (χ4v) is 1.87. The molecular formula is C11H11FN2S. The van der Waals surface area contributed by atoms with Gasteiger partial charge in [-0.25, -0.2) is 9.37 Å². The van der Waals surface area contributed by atoms with Crippen LogP contribution in [0.1, 0.15) is 10.6 Å². The van der Waals surface area contributed by atoms with E-state index in [1.165, 1.54) is 6.07 Å². The van der Waals surface area contributed by atoms with Crippen LogP contribution >= 0.6 is 11.3 Å². The number of nitrogens with zero attached hydrogens (tertiary/aromatic N) is 1. The van der Waals surface area contributed by atoms with Crippen molar-refractivity contribution in [3.8, 4) is 0 Å². The average molecular weight is 222 g/mol. The van der Waals surface area contributed by atoms with Crippen molar-refractivity contribution < 1.29 is 4.39 Å². The Kier molecular flexibility index (Phi) is 2.97. The number of aromatic nitrogens is 1. The monoisotopic (exact) mass is 222 g/mol. The Labute approximate surface area is 91.8 Å². The van der Waals surface area contributed by atoms with Gasteiger partial charge < -0.3 is 5.32 Å². The van der Waals surface area contributed by atoms with Crippen LogP contribution in [0.3, 0.4) is 0 Å². The highest BCUT2D eigenvalue weighted by molar-refractivity contribution is 7.09. The van der Waals surface area contributed by atoms with Crippen LogP contribution in [0, 0.1) is 12.7 Å². The largest absolute Gasteiger partial charge is 0.378 e. The number of thiazole rings is 1. The number of hydrogen-bond donors (Lipinski definition) is 1. The molecule has 0 saturated heterocycles. The molecule has 0 bridgehead atoms. The van der Waals surface area contributed by atoms with Gasteiger partial charge in [-0.1, -0.05) is 6.07 Å². The van der Waals surface area contributed by atoms with E-state index in [0.29, 0.717) is 12.1 Å². The van der Waals surface area contributed by atoms with Gasteiger partial charge in [-0.2, -0.15) is 0 Å². The molecule has 0 spiro atoms. The van der Waals surface area contributed by atoms with E-state index in [1.807, 2.05) is 11.4 Å². The Bertz CT molecular complexity index is 440. The van der Waals surface area contributed by atoms with Crippen LogP contribution in [0.25, 0.3) is 0 Å². The second kappa shape index (κ2) is 4.40. The van der Waals surface area contributed by atoms with Gasteiger partial charge in [0, 0.05) is 22.8 Å². The van der Waals surface area contributed by atoms with Crippen molar-refractivity contribution in [1.82, 2.24) is 4.98 Å². The molecule has 78 valence electrons. The zero-order chi connectivity index (χ0) is 10.7. The van der Waals surface area contributed by atoms with Crippen LogP contribution in [0.2, 0.25) is 0 Å². The van der Waals surface area contributed by atoms with E-state index < -0.39 is 0 Å². The SMILES string of the molecule is Cc1c(F)cccc1NCc1nccs1. The molecule has 2 rings (SSSR count). The molecule has 15 heavy (non-hydrogen) atoms. The van der Waals surface area contributed by atoms with Gasteiger partial charge in [-0.05, 0) is 19.1 Å². The third kappa shape index (κ3) is 2.33. The van der Waals surface area contributed by atoms with Crippen molar-refractivity contribution in [2.75, 3.05) is 5.32 Å². The second-order valence-electron chi connectivity index (χ2n) is 3.19. The molecule has 1 aromatic carbocycles. The molecule has 0 fully saturated rings. The molecule has 0 aliphatic heterocycles. The van der Waals surface area contributed by atoms with Crippen LogP contribution in [0.5, 0.6) is 0 Å². The third-order valence-corrected chi connectivity index (χ3v) is 2.96. The second-order valence-corrected chi connectivity index (χ2v) is 4.17. The maximum atomic E-state index is 13.2. The minimum Gasteiger partial charge on any atom is -0.378 e. The summed E-state index contributed by atoms with van der Waals surface area (Å²) in [5, 5.41) is 6.09. The standard InChI is InChI=1S/C11H11FN2S/c1-8-9(12)3-2-4-10(8)14-7-11-13-5-6-15-11/h2-6,14H,7H2,1H3. The summed E-state index contributed by atoms with van der Waals surface area (Å²) in [5.41, 5.74) is 1.47. The lowest BCUT2D eigenvalue weighted by atomic mass is 10.2. The molecular weight excluding hydrogens is 211 g/mol. The molecule has 0 saturated carbocycles. The van der Waals surface area contributed by atoms with Gasteiger partial charge in [0.15, 0.2) is 0 Å². The first kappa shape index (κ1) is 10.1. The lowest BCUT2D eigenvalue weighted by molar-refractivity contribution is 0.619. The van der Waals surface area contributed by atoms with Crippen LogP contribution in [-0.4, -0.2) is 4.98 Å². The van der Waals surface area contributed by atoms with Crippen molar-refractivity contribution in [3.63, 3.8) is 0 Å². The van der Waals surface area contributed by atoms with Crippen LogP contribution in [0.15, 0.2) is 29.8 Å². The average Bonchev–Trinajstić information content (AvgIpc) is 2.73. The first-order valence-corrected chi connectivity index (χ1v) is 5.52. The maximum Gasteiger partial charge on any atom is 0.128 e. The zero-order valence-corrected chi connectivity index (χ0v) is 9.14. The summed E-state index contributed by atoms with van der Waals surface area (Å²) in [6.45, 7) is 2.40. The van der Waals surface area contributed by atoms with E-state index in [4.69, 9.17) is 0 Å². The van der Waals surface area contributed by atoms with Gasteiger partial charge in [0.1, 0.15) is 10.8 Å². The number of halogens is 1. The van der Waals surface area contributed by atoms with Crippen molar-refractivity contribution in [2.24, 2.45) is 0 Å². The van der Waals surface area contributed by atoms with Crippen molar-refractivity contribution >= 4 is 17.0 Å². The lowest BCUT2D eigenvalue weighted by Gasteiger charge is -2.08. The van der Waals surface area contributed by atoms with Gasteiger partial charge in [-0.15, -0.1) is 11.3 Å². The summed E-state index contributed by atoms with van der Waals surface area (Å²) in [4.78, 5) is 4.15. The van der Waals surface area contributed by atoms with Gasteiger partial charge in [-0.3, -0.25) is 0 Å². The predicted molar refractivity (Wildman–Crippen MR) is 60.6 cm³/mol. The van der Waals surface area contributed by atoms with E-state index in [9.17, 15) is 4.39 Å². The van der Waals surface area contributed by atoms with Gasteiger partial charge >= 0.3 is 0 Å². The van der Waals surface area contributed by atoms with E-state index in [1.54, 1.807) is 30.5 Å². The molecule has 1 N–H and O–H groups in total. The summed E-state index contributed by atoms with van der Waals surface area (Å²) < 4.78 is 13.2. The Hall–Kier alpha value is -1.42. The van der Waals surface area contributed by atoms with Gasteiger partial charge in [0.05, 0.1) is 6.54 Å². The summed E-state index contributed by atoms with van der Waals surface area (Å²) in [7, 11) is 0. The van der Waals surface area contributed by atoms with E-state index in [-0.39, 0.29) is 5.82 Å². The Balaban J connectivity index is 2.08. The minimum atomic E-state index is -0.181. The highest BCUT2D eigenvalue weighted by Gasteiger charge is 2.03. The molecule has 2 aromatic rings. The molecule has 2 nitrogen and oxygen atoms in total. The van der Waals surface area contributed by atoms with Crippen molar-refractivity contribution in [3.05, 3.63) is 46.2 Å². The number of rotatable bonds is 3. The quantitative estimate of drug-likeness (QED) is 0.862. The normalized spacial score (nSPS) is 10.3. The molecule has 1 aromatic heterocycles. The molecule has 0 radical (unpaired) electrons. The number of anilines is 1. The van der Waals surface area contributed by atoms with Crippen molar-refractivity contribution in [2.45, 2.75) is 13.5 Å². The summed E-state index contributed by atoms with van der Waals surface area (Å²) >= 11 is 1.58. The van der Waals surface area contributed by atoms with Crippen LogP contribution < -0.4 is 5.32 Å². The first-order valence-electron chi connectivity index (χ1n) is 4.65. The van der Waals surface area contributed by atoms with Gasteiger partial charge in [0.2, 0.25) is 0 Å². The number of benzene rings is 1. The molecule has 0 unspecified atom stereocenters. The minimum absolute atomic E-state index is 0.181. The molecule has 0 atom stereocenters. The Morgan fingerprint density at radius 2 is 2.33 bits per heavy atom. The Morgan fingerprint density at radius 1 is 1.47 bits per heavy atom. The Morgan fingerprint density at radius 3 is 3.07 bits per heavy atom. The topological polar surface area (TPSA) is 24.9 Å². The zero-order valence-electron chi connectivity index (χ0n) is 8.33.